The maximum atomic E-state index is 11.0. The standard InChI is InChI=1S/C29H27N5O3/c30-27-26-28(32-18-31-27)34(19-33-26)25-16-23(35)24(37-25)17-36-29(20-10-4-1-5-11-20,21-12-6-2-7-13-21)22-14-8-3-9-15-22/h1-15,18-19,23-25,35H,16-17H2,(H2,30,31,32)/t23-,24-,25-/m1/s1. The largest absolute Gasteiger partial charge is 0.390 e. The Morgan fingerprint density at radius 3 is 2.00 bits per heavy atom. The molecule has 3 N–H and O–H groups in total. The van der Waals surface area contributed by atoms with Gasteiger partial charge in [0.2, 0.25) is 0 Å². The highest BCUT2D eigenvalue weighted by Gasteiger charge is 2.42. The second-order valence-corrected chi connectivity index (χ2v) is 9.11. The van der Waals surface area contributed by atoms with Gasteiger partial charge in [-0.15, -0.1) is 0 Å². The molecule has 1 aliphatic heterocycles. The molecule has 0 unspecified atom stereocenters. The van der Waals surface area contributed by atoms with E-state index in [2.05, 4.69) is 51.4 Å². The number of nitrogens with two attached hydrogens (primary N) is 1. The van der Waals surface area contributed by atoms with Gasteiger partial charge in [-0.25, -0.2) is 15.0 Å². The molecular weight excluding hydrogens is 466 g/mol. The Balaban J connectivity index is 1.34. The highest BCUT2D eigenvalue weighted by Crippen LogP contribution is 2.41. The third-order valence-corrected chi connectivity index (χ3v) is 6.91. The van der Waals surface area contributed by atoms with Gasteiger partial charge in [0.05, 0.1) is 19.0 Å². The molecule has 186 valence electrons. The fourth-order valence-electron chi connectivity index (χ4n) is 5.09. The number of nitrogen functional groups attached to an aromatic ring is 1. The molecule has 6 rings (SSSR count). The van der Waals surface area contributed by atoms with E-state index in [1.165, 1.54) is 6.33 Å². The smallest absolute Gasteiger partial charge is 0.167 e. The van der Waals surface area contributed by atoms with Crippen LogP contribution in [0.4, 0.5) is 5.82 Å². The number of rotatable bonds is 7. The zero-order valence-electron chi connectivity index (χ0n) is 20.1. The molecule has 1 saturated heterocycles. The van der Waals surface area contributed by atoms with E-state index in [0.717, 1.165) is 16.7 Å². The summed E-state index contributed by atoms with van der Waals surface area (Å²) in [4.78, 5) is 12.7. The minimum Gasteiger partial charge on any atom is -0.390 e. The van der Waals surface area contributed by atoms with Crippen molar-refractivity contribution in [2.45, 2.75) is 30.5 Å². The van der Waals surface area contributed by atoms with Crippen LogP contribution < -0.4 is 5.73 Å². The molecular formula is C29H27N5O3. The molecule has 0 amide bonds. The Morgan fingerprint density at radius 1 is 0.865 bits per heavy atom. The average molecular weight is 494 g/mol. The summed E-state index contributed by atoms with van der Waals surface area (Å²) < 4.78 is 15.0. The predicted molar refractivity (Wildman–Crippen MR) is 139 cm³/mol. The van der Waals surface area contributed by atoms with Gasteiger partial charge in [0.1, 0.15) is 29.8 Å². The van der Waals surface area contributed by atoms with E-state index in [1.54, 1.807) is 10.9 Å². The van der Waals surface area contributed by atoms with Gasteiger partial charge >= 0.3 is 0 Å². The lowest BCUT2D eigenvalue weighted by atomic mass is 9.80. The summed E-state index contributed by atoms with van der Waals surface area (Å²) >= 11 is 0. The van der Waals surface area contributed by atoms with Gasteiger partial charge in [0, 0.05) is 6.42 Å². The van der Waals surface area contributed by atoms with Crippen molar-refractivity contribution in [3.05, 3.63) is 120 Å². The van der Waals surface area contributed by atoms with Crippen LogP contribution in [0.1, 0.15) is 29.3 Å². The molecule has 0 bridgehead atoms. The summed E-state index contributed by atoms with van der Waals surface area (Å²) in [6, 6.07) is 30.4. The molecule has 1 aliphatic rings. The number of aromatic nitrogens is 4. The summed E-state index contributed by atoms with van der Waals surface area (Å²) in [5.41, 5.74) is 9.10. The summed E-state index contributed by atoms with van der Waals surface area (Å²) in [5.74, 6) is 0.306. The molecule has 8 nitrogen and oxygen atoms in total. The number of benzene rings is 3. The van der Waals surface area contributed by atoms with Crippen LogP contribution >= 0.6 is 0 Å². The van der Waals surface area contributed by atoms with Crippen molar-refractivity contribution in [3.63, 3.8) is 0 Å². The van der Waals surface area contributed by atoms with Crippen LogP contribution in [-0.4, -0.2) is 43.4 Å². The molecule has 0 saturated carbocycles. The molecule has 0 radical (unpaired) electrons. The van der Waals surface area contributed by atoms with Crippen LogP contribution in [0.2, 0.25) is 0 Å². The summed E-state index contributed by atoms with van der Waals surface area (Å²) in [6.45, 7) is 0.167. The lowest BCUT2D eigenvalue weighted by molar-refractivity contribution is -0.0930. The normalized spacial score (nSPS) is 19.9. The third kappa shape index (κ3) is 4.15. The molecule has 0 aliphatic carbocycles. The summed E-state index contributed by atoms with van der Waals surface area (Å²) in [5, 5.41) is 11.0. The molecule has 3 aromatic carbocycles. The monoisotopic (exact) mass is 493 g/mol. The minimum atomic E-state index is -0.895. The quantitative estimate of drug-likeness (QED) is 0.329. The topological polar surface area (TPSA) is 108 Å². The van der Waals surface area contributed by atoms with Gasteiger partial charge in [-0.05, 0) is 16.7 Å². The molecule has 5 aromatic rings. The van der Waals surface area contributed by atoms with Crippen molar-refractivity contribution in [2.75, 3.05) is 12.3 Å². The van der Waals surface area contributed by atoms with E-state index in [0.29, 0.717) is 23.4 Å². The van der Waals surface area contributed by atoms with E-state index in [4.69, 9.17) is 15.2 Å². The molecule has 0 spiro atoms. The number of fused-ring (bicyclic) bond motifs is 1. The van der Waals surface area contributed by atoms with Gasteiger partial charge in [0.15, 0.2) is 11.5 Å². The Hall–Kier alpha value is -4.11. The lowest BCUT2D eigenvalue weighted by Gasteiger charge is -2.37. The molecule has 8 heteroatoms. The first-order valence-electron chi connectivity index (χ1n) is 12.2. The highest BCUT2D eigenvalue weighted by atomic mass is 16.6. The van der Waals surface area contributed by atoms with Crippen LogP contribution in [0.15, 0.2) is 104 Å². The Morgan fingerprint density at radius 2 is 1.43 bits per heavy atom. The second-order valence-electron chi connectivity index (χ2n) is 9.11. The maximum Gasteiger partial charge on any atom is 0.167 e. The maximum absolute atomic E-state index is 11.0. The zero-order chi connectivity index (χ0) is 25.2. The van der Waals surface area contributed by atoms with Crippen LogP contribution in [-0.2, 0) is 15.1 Å². The van der Waals surface area contributed by atoms with E-state index in [1.807, 2.05) is 54.6 Å². The first kappa shape index (κ1) is 23.3. The van der Waals surface area contributed by atoms with Crippen molar-refractivity contribution in [1.29, 1.82) is 0 Å². The first-order valence-corrected chi connectivity index (χ1v) is 12.2. The molecule has 2 aromatic heterocycles. The van der Waals surface area contributed by atoms with E-state index in [-0.39, 0.29) is 6.61 Å². The third-order valence-electron chi connectivity index (χ3n) is 6.91. The van der Waals surface area contributed by atoms with Crippen LogP contribution in [0, 0.1) is 0 Å². The number of aliphatic hydroxyl groups is 1. The van der Waals surface area contributed by atoms with Crippen molar-refractivity contribution in [2.24, 2.45) is 0 Å². The lowest BCUT2D eigenvalue weighted by Crippen LogP contribution is -2.38. The van der Waals surface area contributed by atoms with Crippen LogP contribution in [0.3, 0.4) is 0 Å². The second kappa shape index (κ2) is 9.74. The number of imidazole rings is 1. The summed E-state index contributed by atoms with van der Waals surface area (Å²) in [7, 11) is 0. The van der Waals surface area contributed by atoms with Crippen molar-refractivity contribution in [1.82, 2.24) is 19.5 Å². The number of hydrogen-bond donors (Lipinski definition) is 2. The van der Waals surface area contributed by atoms with E-state index < -0.39 is 24.0 Å². The Bertz CT molecular complexity index is 1380. The molecule has 37 heavy (non-hydrogen) atoms. The van der Waals surface area contributed by atoms with Crippen LogP contribution in [0.25, 0.3) is 11.2 Å². The van der Waals surface area contributed by atoms with Crippen LogP contribution in [0.5, 0.6) is 0 Å². The van der Waals surface area contributed by atoms with Crippen molar-refractivity contribution in [3.8, 4) is 0 Å². The number of hydrogen-bond acceptors (Lipinski definition) is 7. The molecule has 3 atom stereocenters. The minimum absolute atomic E-state index is 0.167. The van der Waals surface area contributed by atoms with Gasteiger partial charge in [-0.1, -0.05) is 91.0 Å². The van der Waals surface area contributed by atoms with Gasteiger partial charge in [-0.2, -0.15) is 0 Å². The predicted octanol–water partition coefficient (Wildman–Crippen LogP) is 4.07. The molecule has 1 fully saturated rings. The Labute approximate surface area is 214 Å². The van der Waals surface area contributed by atoms with Crippen molar-refractivity contribution < 1.29 is 14.6 Å². The number of ether oxygens (including phenoxy) is 2. The fourth-order valence-corrected chi connectivity index (χ4v) is 5.09. The number of aliphatic hydroxyl groups excluding tert-OH is 1. The van der Waals surface area contributed by atoms with Gasteiger partial charge in [-0.3, -0.25) is 4.57 Å². The highest BCUT2D eigenvalue weighted by molar-refractivity contribution is 5.81. The first-order chi connectivity index (χ1) is 18.2. The fraction of sp³-hybridized carbons (Fsp3) is 0.207. The SMILES string of the molecule is Nc1ncnc2c1ncn2[C@H]1C[C@@H](O)[C@@H](COC(c2ccccc2)(c2ccccc2)c2ccccc2)O1. The number of anilines is 1. The van der Waals surface area contributed by atoms with Crippen molar-refractivity contribution >= 4 is 17.0 Å². The zero-order valence-corrected chi connectivity index (χ0v) is 20.1. The van der Waals surface area contributed by atoms with E-state index >= 15 is 0 Å². The van der Waals surface area contributed by atoms with Gasteiger partial charge < -0.3 is 20.3 Å². The average Bonchev–Trinajstić information content (AvgIpc) is 3.55. The van der Waals surface area contributed by atoms with Gasteiger partial charge in [0.25, 0.3) is 0 Å². The summed E-state index contributed by atoms with van der Waals surface area (Å²) in [6.07, 6.45) is 1.65. The Kier molecular flexibility index (Phi) is 6.13. The number of nitrogens with zero attached hydrogens (tertiary/aromatic N) is 4. The molecule has 3 heterocycles. The van der Waals surface area contributed by atoms with E-state index in [9.17, 15) is 5.11 Å².